The average Bonchev–Trinajstić information content (AvgIpc) is 2.97. The zero-order valence-corrected chi connectivity index (χ0v) is 24.0. The van der Waals surface area contributed by atoms with Crippen molar-refractivity contribution >= 4 is 5.97 Å². The molecule has 0 radical (unpaired) electrons. The predicted octanol–water partition coefficient (Wildman–Crippen LogP) is 7.51. The molecule has 0 unspecified atom stereocenters. The summed E-state index contributed by atoms with van der Waals surface area (Å²) in [7, 11) is 0. The highest BCUT2D eigenvalue weighted by atomic mass is 16.5. The Bertz CT molecular complexity index is 1400. The summed E-state index contributed by atoms with van der Waals surface area (Å²) in [6.07, 6.45) is 1.91. The van der Waals surface area contributed by atoms with Crippen LogP contribution in [0.2, 0.25) is 0 Å². The van der Waals surface area contributed by atoms with E-state index in [2.05, 4.69) is 68.1 Å². The summed E-state index contributed by atoms with van der Waals surface area (Å²) in [5, 5.41) is 18.8. The molecule has 5 rings (SSSR count). The van der Waals surface area contributed by atoms with Gasteiger partial charge in [0, 0.05) is 18.6 Å². The Hall–Kier alpha value is -4.40. The Morgan fingerprint density at radius 3 is 1.85 bits per heavy atom. The van der Waals surface area contributed by atoms with Crippen LogP contribution in [-0.2, 0) is 5.41 Å². The molecule has 0 atom stereocenters. The van der Waals surface area contributed by atoms with Crippen molar-refractivity contribution in [2.75, 3.05) is 13.1 Å². The number of nitrogens with zero attached hydrogens (tertiary/aromatic N) is 2. The van der Waals surface area contributed by atoms with Crippen LogP contribution in [0.5, 0.6) is 5.75 Å². The topological polar surface area (TPSA) is 73.6 Å². The Morgan fingerprint density at radius 1 is 0.854 bits per heavy atom. The van der Waals surface area contributed by atoms with E-state index in [0.717, 1.165) is 42.8 Å². The zero-order chi connectivity index (χ0) is 29.3. The molecule has 1 aliphatic heterocycles. The standard InChI is InChI=1S/C29H32N2O.C7H6O2/c1-23-11-10-16-26(19-23)32-27-20-31(21-27)28(2,3)17-18-29(22-30,24-12-6-4-7-13-24)25-14-8-5-9-15-25;8-7(9)6-4-2-1-3-5-6/h4-16,19,27H,17-18,20-21H2,1-3H3;1-5H,(H,8,9). The number of hydrogen-bond acceptors (Lipinski definition) is 4. The molecule has 1 N–H and O–H groups in total. The summed E-state index contributed by atoms with van der Waals surface area (Å²) in [5.41, 5.74) is 3.01. The molecule has 0 bridgehead atoms. The number of carbonyl (C=O) groups is 1. The quantitative estimate of drug-likeness (QED) is 0.235. The lowest BCUT2D eigenvalue weighted by Gasteiger charge is -2.49. The lowest BCUT2D eigenvalue weighted by Crippen LogP contribution is -2.62. The molecule has 41 heavy (non-hydrogen) atoms. The molecular formula is C36H38N2O3. The molecule has 210 valence electrons. The molecular weight excluding hydrogens is 508 g/mol. The molecule has 1 saturated heterocycles. The first kappa shape index (κ1) is 29.6. The number of benzene rings is 4. The Balaban J connectivity index is 0.000000367. The lowest BCUT2D eigenvalue weighted by atomic mass is 9.70. The fourth-order valence-electron chi connectivity index (χ4n) is 5.21. The van der Waals surface area contributed by atoms with Crippen LogP contribution >= 0.6 is 0 Å². The fourth-order valence-corrected chi connectivity index (χ4v) is 5.21. The van der Waals surface area contributed by atoms with E-state index in [9.17, 15) is 10.1 Å². The van der Waals surface area contributed by atoms with Gasteiger partial charge in [0.2, 0.25) is 0 Å². The van der Waals surface area contributed by atoms with Gasteiger partial charge in [0.1, 0.15) is 17.3 Å². The van der Waals surface area contributed by atoms with E-state index in [1.165, 1.54) is 5.56 Å². The number of carboxylic acids is 1. The van der Waals surface area contributed by atoms with Crippen molar-refractivity contribution in [1.29, 1.82) is 5.26 Å². The van der Waals surface area contributed by atoms with Gasteiger partial charge in [0.25, 0.3) is 0 Å². The van der Waals surface area contributed by atoms with Crippen molar-refractivity contribution in [1.82, 2.24) is 4.90 Å². The van der Waals surface area contributed by atoms with Gasteiger partial charge in [0.15, 0.2) is 0 Å². The molecule has 0 spiro atoms. The summed E-state index contributed by atoms with van der Waals surface area (Å²) >= 11 is 0. The molecule has 1 fully saturated rings. The van der Waals surface area contributed by atoms with Crippen LogP contribution in [0.25, 0.3) is 0 Å². The number of ether oxygens (including phenoxy) is 1. The highest BCUT2D eigenvalue weighted by Crippen LogP contribution is 2.40. The van der Waals surface area contributed by atoms with Crippen LogP contribution in [0.4, 0.5) is 0 Å². The van der Waals surface area contributed by atoms with E-state index in [-0.39, 0.29) is 11.6 Å². The minimum Gasteiger partial charge on any atom is -0.488 e. The monoisotopic (exact) mass is 546 g/mol. The molecule has 1 aliphatic rings. The number of aryl methyl sites for hydroxylation is 1. The van der Waals surface area contributed by atoms with Gasteiger partial charge < -0.3 is 9.84 Å². The normalized spacial score (nSPS) is 13.7. The Labute approximate surface area is 243 Å². The van der Waals surface area contributed by atoms with Crippen molar-refractivity contribution in [3.05, 3.63) is 138 Å². The van der Waals surface area contributed by atoms with E-state index in [0.29, 0.717) is 5.56 Å². The summed E-state index contributed by atoms with van der Waals surface area (Å²) < 4.78 is 6.17. The highest BCUT2D eigenvalue weighted by Gasteiger charge is 2.42. The van der Waals surface area contributed by atoms with E-state index in [1.807, 2.05) is 48.5 Å². The lowest BCUT2D eigenvalue weighted by molar-refractivity contribution is -0.0464. The Kier molecular flexibility index (Phi) is 9.60. The van der Waals surface area contributed by atoms with Gasteiger partial charge in [-0.15, -0.1) is 0 Å². The maximum atomic E-state index is 10.4. The maximum absolute atomic E-state index is 10.4. The van der Waals surface area contributed by atoms with E-state index in [4.69, 9.17) is 9.84 Å². The van der Waals surface area contributed by atoms with Crippen LogP contribution < -0.4 is 4.74 Å². The van der Waals surface area contributed by atoms with Crippen molar-refractivity contribution in [3.63, 3.8) is 0 Å². The Morgan fingerprint density at radius 2 is 1.39 bits per heavy atom. The second kappa shape index (κ2) is 13.3. The molecule has 4 aromatic carbocycles. The van der Waals surface area contributed by atoms with Crippen LogP contribution in [0.1, 0.15) is 53.7 Å². The van der Waals surface area contributed by atoms with Crippen LogP contribution in [0, 0.1) is 18.3 Å². The van der Waals surface area contributed by atoms with Gasteiger partial charge >= 0.3 is 5.97 Å². The smallest absolute Gasteiger partial charge is 0.335 e. The molecule has 0 aromatic heterocycles. The van der Waals surface area contributed by atoms with Gasteiger partial charge in [-0.3, -0.25) is 4.90 Å². The summed E-state index contributed by atoms with van der Waals surface area (Å²) in [6, 6.07) is 39.7. The summed E-state index contributed by atoms with van der Waals surface area (Å²) in [5.74, 6) is 0.0692. The fraction of sp³-hybridized carbons (Fsp3) is 0.278. The van der Waals surface area contributed by atoms with Gasteiger partial charge in [-0.05, 0) is 74.6 Å². The van der Waals surface area contributed by atoms with Gasteiger partial charge in [-0.2, -0.15) is 5.26 Å². The van der Waals surface area contributed by atoms with Gasteiger partial charge in [0.05, 0.1) is 11.6 Å². The van der Waals surface area contributed by atoms with Crippen LogP contribution in [-0.4, -0.2) is 40.7 Å². The molecule has 1 heterocycles. The molecule has 0 aliphatic carbocycles. The number of rotatable bonds is 9. The third-order valence-electron chi connectivity index (χ3n) is 7.85. The first-order valence-corrected chi connectivity index (χ1v) is 14.0. The number of carboxylic acid groups (broad SMARTS) is 1. The van der Waals surface area contributed by atoms with Crippen molar-refractivity contribution < 1.29 is 14.6 Å². The molecule has 5 nitrogen and oxygen atoms in total. The zero-order valence-electron chi connectivity index (χ0n) is 24.0. The van der Waals surface area contributed by atoms with Crippen LogP contribution in [0.3, 0.4) is 0 Å². The van der Waals surface area contributed by atoms with Crippen molar-refractivity contribution in [2.24, 2.45) is 0 Å². The summed E-state index contributed by atoms with van der Waals surface area (Å²) in [6.45, 7) is 8.49. The SMILES string of the molecule is Cc1cccc(OC2CN(C(C)(C)CCC(C#N)(c3ccccc3)c3ccccc3)C2)c1.O=C(O)c1ccccc1. The van der Waals surface area contributed by atoms with E-state index >= 15 is 0 Å². The van der Waals surface area contributed by atoms with Crippen molar-refractivity contribution in [3.8, 4) is 11.8 Å². The second-order valence-corrected chi connectivity index (χ2v) is 11.2. The minimum atomic E-state index is -0.879. The summed E-state index contributed by atoms with van der Waals surface area (Å²) in [4.78, 5) is 12.7. The third kappa shape index (κ3) is 7.42. The molecule has 0 saturated carbocycles. The maximum Gasteiger partial charge on any atom is 0.335 e. The predicted molar refractivity (Wildman–Crippen MR) is 163 cm³/mol. The second-order valence-electron chi connectivity index (χ2n) is 11.2. The average molecular weight is 547 g/mol. The number of nitriles is 1. The first-order chi connectivity index (χ1) is 19.7. The minimum absolute atomic E-state index is 0.0157. The van der Waals surface area contributed by atoms with Crippen molar-refractivity contribution in [2.45, 2.75) is 50.7 Å². The van der Waals surface area contributed by atoms with Gasteiger partial charge in [-0.25, -0.2) is 4.79 Å². The molecule has 4 aromatic rings. The third-order valence-corrected chi connectivity index (χ3v) is 7.85. The first-order valence-electron chi connectivity index (χ1n) is 14.0. The number of likely N-dealkylation sites (tertiary alicyclic amines) is 1. The van der Waals surface area contributed by atoms with Crippen LogP contribution in [0.15, 0.2) is 115 Å². The number of hydrogen-bond donors (Lipinski definition) is 1. The highest BCUT2D eigenvalue weighted by molar-refractivity contribution is 5.87. The number of aromatic carboxylic acids is 1. The largest absolute Gasteiger partial charge is 0.488 e. The van der Waals surface area contributed by atoms with Gasteiger partial charge in [-0.1, -0.05) is 91.0 Å². The molecule has 0 amide bonds. The van der Waals surface area contributed by atoms with E-state index < -0.39 is 11.4 Å². The molecule has 5 heteroatoms. The van der Waals surface area contributed by atoms with E-state index in [1.54, 1.807) is 30.3 Å².